The Morgan fingerprint density at radius 3 is 2.59 bits per heavy atom. The molecule has 4 rings (SSSR count). The van der Waals surface area contributed by atoms with Gasteiger partial charge in [-0.1, -0.05) is 30.0 Å². The van der Waals surface area contributed by atoms with Crippen molar-refractivity contribution >= 4 is 45.1 Å². The number of fused-ring (bicyclic) bond motifs is 1. The number of amides is 2. The summed E-state index contributed by atoms with van der Waals surface area (Å²) in [6.07, 6.45) is 0. The Morgan fingerprint density at radius 1 is 1.07 bits per heavy atom. The van der Waals surface area contributed by atoms with Crippen LogP contribution in [0.4, 0.5) is 0 Å². The summed E-state index contributed by atoms with van der Waals surface area (Å²) in [5.41, 5.74) is 1.58. The lowest BCUT2D eigenvalue weighted by molar-refractivity contribution is -0.129. The third-order valence-electron chi connectivity index (χ3n) is 4.83. The minimum absolute atomic E-state index is 0.0279. The molecular weight excluding hydrogens is 406 g/mol. The Bertz CT molecular complexity index is 996. The van der Waals surface area contributed by atoms with Gasteiger partial charge in [0.1, 0.15) is 5.75 Å². The molecule has 0 spiro atoms. The van der Waals surface area contributed by atoms with Crippen molar-refractivity contribution in [1.29, 1.82) is 0 Å². The van der Waals surface area contributed by atoms with Crippen molar-refractivity contribution in [3.05, 3.63) is 54.1 Å². The third-order valence-corrected chi connectivity index (χ3v) is 6.99. The van der Waals surface area contributed by atoms with E-state index >= 15 is 0 Å². The molecule has 0 unspecified atom stereocenters. The van der Waals surface area contributed by atoms with E-state index in [1.54, 1.807) is 35.5 Å². The molecule has 150 valence electrons. The molecular formula is C21H21N3O3S2. The molecule has 29 heavy (non-hydrogen) atoms. The van der Waals surface area contributed by atoms with Gasteiger partial charge < -0.3 is 14.5 Å². The minimum Gasteiger partial charge on any atom is -0.497 e. The average Bonchev–Trinajstić information content (AvgIpc) is 3.20. The highest BCUT2D eigenvalue weighted by molar-refractivity contribution is 8.01. The van der Waals surface area contributed by atoms with Crippen molar-refractivity contribution < 1.29 is 14.3 Å². The van der Waals surface area contributed by atoms with Gasteiger partial charge in [0.05, 0.1) is 23.1 Å². The van der Waals surface area contributed by atoms with Gasteiger partial charge in [-0.3, -0.25) is 9.59 Å². The predicted octanol–water partition coefficient (Wildman–Crippen LogP) is 3.38. The zero-order chi connectivity index (χ0) is 20.2. The second kappa shape index (κ2) is 8.84. The summed E-state index contributed by atoms with van der Waals surface area (Å²) >= 11 is 3.09. The van der Waals surface area contributed by atoms with E-state index in [1.807, 2.05) is 41.3 Å². The van der Waals surface area contributed by atoms with Gasteiger partial charge in [-0.25, -0.2) is 4.98 Å². The molecule has 2 heterocycles. The summed E-state index contributed by atoms with van der Waals surface area (Å²) in [6.45, 7) is 2.17. The van der Waals surface area contributed by atoms with Crippen LogP contribution in [0.2, 0.25) is 0 Å². The first-order chi connectivity index (χ1) is 14.1. The number of rotatable bonds is 5. The van der Waals surface area contributed by atoms with E-state index in [1.165, 1.54) is 11.8 Å². The topological polar surface area (TPSA) is 62.7 Å². The summed E-state index contributed by atoms with van der Waals surface area (Å²) < 4.78 is 7.23. The summed E-state index contributed by atoms with van der Waals surface area (Å²) in [5.74, 6) is 1.09. The van der Waals surface area contributed by atoms with Gasteiger partial charge in [0.2, 0.25) is 5.91 Å². The number of hydrogen-bond donors (Lipinski definition) is 0. The second-order valence-corrected chi connectivity index (χ2v) is 8.89. The van der Waals surface area contributed by atoms with Crippen LogP contribution in [-0.2, 0) is 4.79 Å². The molecule has 1 aliphatic heterocycles. The summed E-state index contributed by atoms with van der Waals surface area (Å²) in [4.78, 5) is 33.5. The maximum absolute atomic E-state index is 12.7. The molecule has 2 aromatic carbocycles. The van der Waals surface area contributed by atoms with Crippen molar-refractivity contribution in [3.63, 3.8) is 0 Å². The Morgan fingerprint density at radius 2 is 1.83 bits per heavy atom. The Balaban J connectivity index is 1.29. The molecule has 3 aromatic rings. The highest BCUT2D eigenvalue weighted by Gasteiger charge is 2.25. The third kappa shape index (κ3) is 4.54. The standard InChI is InChI=1S/C21H21N3O3S2/c1-27-16-6-4-5-15(13-16)20(26)24-11-9-23(10-12-24)19(25)14-28-21-22-17-7-2-3-8-18(17)29-21/h2-8,13H,9-12,14H2,1H3. The van der Waals surface area contributed by atoms with Crippen LogP contribution in [0.5, 0.6) is 5.75 Å². The minimum atomic E-state index is -0.0279. The number of ether oxygens (including phenoxy) is 1. The first kappa shape index (κ1) is 19.7. The molecule has 1 aromatic heterocycles. The van der Waals surface area contributed by atoms with Gasteiger partial charge in [-0.05, 0) is 30.3 Å². The predicted molar refractivity (Wildman–Crippen MR) is 116 cm³/mol. The van der Waals surface area contributed by atoms with Gasteiger partial charge in [0.25, 0.3) is 5.91 Å². The van der Waals surface area contributed by atoms with Crippen LogP contribution in [0.1, 0.15) is 10.4 Å². The lowest BCUT2D eigenvalue weighted by atomic mass is 10.1. The Kier molecular flexibility index (Phi) is 6.01. The lowest BCUT2D eigenvalue weighted by Gasteiger charge is -2.34. The molecule has 0 atom stereocenters. The lowest BCUT2D eigenvalue weighted by Crippen LogP contribution is -2.51. The van der Waals surface area contributed by atoms with E-state index in [4.69, 9.17) is 4.74 Å². The van der Waals surface area contributed by atoms with Crippen molar-refractivity contribution in [2.24, 2.45) is 0 Å². The number of hydrogen-bond acceptors (Lipinski definition) is 6. The van der Waals surface area contributed by atoms with Crippen molar-refractivity contribution in [3.8, 4) is 5.75 Å². The monoisotopic (exact) mass is 427 g/mol. The fourth-order valence-corrected chi connectivity index (χ4v) is 5.20. The number of thioether (sulfide) groups is 1. The summed E-state index contributed by atoms with van der Waals surface area (Å²) in [7, 11) is 1.58. The fraction of sp³-hybridized carbons (Fsp3) is 0.286. The van der Waals surface area contributed by atoms with Crippen LogP contribution in [0, 0.1) is 0 Å². The van der Waals surface area contributed by atoms with E-state index in [0.29, 0.717) is 43.2 Å². The maximum Gasteiger partial charge on any atom is 0.254 e. The number of carbonyl (C=O) groups is 2. The van der Waals surface area contributed by atoms with Gasteiger partial charge in [-0.2, -0.15) is 0 Å². The highest BCUT2D eigenvalue weighted by atomic mass is 32.2. The SMILES string of the molecule is COc1cccc(C(=O)N2CCN(C(=O)CSc3nc4ccccc4s3)CC2)c1. The number of benzene rings is 2. The number of nitrogens with zero attached hydrogens (tertiary/aromatic N) is 3. The van der Waals surface area contributed by atoms with Gasteiger partial charge in [-0.15, -0.1) is 11.3 Å². The highest BCUT2D eigenvalue weighted by Crippen LogP contribution is 2.29. The number of para-hydroxylation sites is 1. The number of piperazine rings is 1. The first-order valence-corrected chi connectivity index (χ1v) is 11.1. The van der Waals surface area contributed by atoms with Crippen LogP contribution in [0.15, 0.2) is 52.9 Å². The zero-order valence-electron chi connectivity index (χ0n) is 16.0. The van der Waals surface area contributed by atoms with E-state index in [-0.39, 0.29) is 11.8 Å². The van der Waals surface area contributed by atoms with Gasteiger partial charge >= 0.3 is 0 Å². The normalized spacial score (nSPS) is 14.2. The maximum atomic E-state index is 12.7. The molecule has 0 bridgehead atoms. The first-order valence-electron chi connectivity index (χ1n) is 9.33. The van der Waals surface area contributed by atoms with Crippen molar-refractivity contribution in [2.45, 2.75) is 4.34 Å². The molecule has 1 aliphatic rings. The molecule has 1 saturated heterocycles. The number of thiazole rings is 1. The number of aromatic nitrogens is 1. The van der Waals surface area contributed by atoms with Crippen molar-refractivity contribution in [1.82, 2.24) is 14.8 Å². The Labute approximate surface area is 177 Å². The molecule has 0 saturated carbocycles. The smallest absolute Gasteiger partial charge is 0.254 e. The van der Waals surface area contributed by atoms with E-state index in [2.05, 4.69) is 4.98 Å². The van der Waals surface area contributed by atoms with Crippen molar-refractivity contribution in [2.75, 3.05) is 39.0 Å². The average molecular weight is 428 g/mol. The van der Waals surface area contributed by atoms with Crippen LogP contribution in [0.3, 0.4) is 0 Å². The van der Waals surface area contributed by atoms with E-state index < -0.39 is 0 Å². The fourth-order valence-electron chi connectivity index (χ4n) is 3.23. The van der Waals surface area contributed by atoms with Gasteiger partial charge in [0, 0.05) is 31.7 Å². The molecule has 0 radical (unpaired) electrons. The zero-order valence-corrected chi connectivity index (χ0v) is 17.7. The van der Waals surface area contributed by atoms with E-state index in [9.17, 15) is 9.59 Å². The molecule has 0 N–H and O–H groups in total. The van der Waals surface area contributed by atoms with Crippen LogP contribution >= 0.6 is 23.1 Å². The molecule has 0 aliphatic carbocycles. The molecule has 2 amide bonds. The second-order valence-electron chi connectivity index (χ2n) is 6.64. The Hall–Kier alpha value is -2.58. The summed E-state index contributed by atoms with van der Waals surface area (Å²) in [5, 5.41) is 0. The summed E-state index contributed by atoms with van der Waals surface area (Å²) in [6, 6.07) is 15.1. The van der Waals surface area contributed by atoms with Gasteiger partial charge in [0.15, 0.2) is 4.34 Å². The molecule has 1 fully saturated rings. The molecule has 8 heteroatoms. The number of methoxy groups -OCH3 is 1. The quantitative estimate of drug-likeness (QED) is 0.584. The number of carbonyl (C=O) groups excluding carboxylic acids is 2. The van der Waals surface area contributed by atoms with Crippen LogP contribution in [0.25, 0.3) is 10.2 Å². The van der Waals surface area contributed by atoms with Crippen LogP contribution in [-0.4, -0.2) is 65.6 Å². The largest absolute Gasteiger partial charge is 0.497 e. The molecule has 6 nitrogen and oxygen atoms in total. The van der Waals surface area contributed by atoms with E-state index in [0.717, 1.165) is 14.6 Å². The van der Waals surface area contributed by atoms with Crippen LogP contribution < -0.4 is 4.74 Å².